The van der Waals surface area contributed by atoms with Crippen molar-refractivity contribution in [3.63, 3.8) is 0 Å². The van der Waals surface area contributed by atoms with Crippen LogP contribution in [0.1, 0.15) is 27.6 Å². The van der Waals surface area contributed by atoms with E-state index in [9.17, 15) is 9.59 Å². The molecule has 0 aliphatic rings. The molecule has 8 nitrogen and oxygen atoms in total. The predicted molar refractivity (Wildman–Crippen MR) is 107 cm³/mol. The van der Waals surface area contributed by atoms with Crippen molar-refractivity contribution >= 4 is 40.5 Å². The number of hydrogen-bond acceptors (Lipinski definition) is 8. The summed E-state index contributed by atoms with van der Waals surface area (Å²) in [5, 5.41) is 6.20. The van der Waals surface area contributed by atoms with Crippen LogP contribution >= 0.6 is 0 Å². The molecule has 1 aromatic heterocycles. The summed E-state index contributed by atoms with van der Waals surface area (Å²) in [4.78, 5) is 31.2. The first kappa shape index (κ1) is 18.8. The highest BCUT2D eigenvalue weighted by atomic mass is 16.5. The number of anilines is 5. The Labute approximate surface area is 161 Å². The van der Waals surface area contributed by atoms with Crippen LogP contribution in [0, 0.1) is 0 Å². The zero-order valence-corrected chi connectivity index (χ0v) is 15.4. The number of carbonyl (C=O) groups is 2. The lowest BCUT2D eigenvalue weighted by Crippen LogP contribution is -2.06. The molecule has 0 aliphatic heterocycles. The van der Waals surface area contributed by atoms with Crippen molar-refractivity contribution in [3.8, 4) is 0 Å². The number of benzene rings is 2. The molecule has 142 valence electrons. The van der Waals surface area contributed by atoms with Crippen molar-refractivity contribution in [1.82, 2.24) is 9.97 Å². The van der Waals surface area contributed by atoms with Crippen LogP contribution in [0.3, 0.4) is 0 Å². The number of methoxy groups -OCH3 is 1. The van der Waals surface area contributed by atoms with Crippen molar-refractivity contribution in [2.45, 2.75) is 6.92 Å². The number of nitrogens with zero attached hydrogens (tertiary/aromatic N) is 2. The van der Waals surface area contributed by atoms with Crippen LogP contribution in [0.2, 0.25) is 0 Å². The third-order valence-corrected chi connectivity index (χ3v) is 4.01. The van der Waals surface area contributed by atoms with E-state index in [1.54, 1.807) is 48.5 Å². The maximum Gasteiger partial charge on any atom is 0.337 e. The molecule has 0 saturated heterocycles. The molecule has 0 radical (unpaired) electrons. The normalized spacial score (nSPS) is 10.2. The Morgan fingerprint density at radius 1 is 0.857 bits per heavy atom. The van der Waals surface area contributed by atoms with Gasteiger partial charge in [-0.1, -0.05) is 0 Å². The third kappa shape index (κ3) is 4.24. The van der Waals surface area contributed by atoms with Crippen molar-refractivity contribution in [1.29, 1.82) is 0 Å². The maximum absolute atomic E-state index is 11.5. The van der Waals surface area contributed by atoms with E-state index in [0.29, 0.717) is 34.1 Å². The van der Waals surface area contributed by atoms with E-state index in [2.05, 4.69) is 25.3 Å². The van der Waals surface area contributed by atoms with E-state index in [0.717, 1.165) is 5.69 Å². The number of ether oxygens (including phenoxy) is 1. The number of nitrogens with two attached hydrogens (primary N) is 1. The number of Topliss-reactive ketones (excluding diaryl/α,β-unsaturated/α-hetero) is 1. The number of carbonyl (C=O) groups excluding carboxylic acids is 2. The predicted octanol–water partition coefficient (Wildman–Crippen LogP) is 3.54. The topological polar surface area (TPSA) is 119 Å². The summed E-state index contributed by atoms with van der Waals surface area (Å²) in [6, 6.07) is 13.7. The van der Waals surface area contributed by atoms with Gasteiger partial charge in [-0.3, -0.25) is 4.79 Å². The van der Waals surface area contributed by atoms with E-state index >= 15 is 0 Å². The highest BCUT2D eigenvalue weighted by Crippen LogP contribution is 2.28. The lowest BCUT2D eigenvalue weighted by molar-refractivity contribution is 0.0600. The zero-order chi connectivity index (χ0) is 20.1. The average Bonchev–Trinajstić information content (AvgIpc) is 2.71. The summed E-state index contributed by atoms with van der Waals surface area (Å²) in [5.41, 5.74) is 9.02. The van der Waals surface area contributed by atoms with Gasteiger partial charge in [0.25, 0.3) is 0 Å². The molecule has 8 heteroatoms. The van der Waals surface area contributed by atoms with E-state index in [1.165, 1.54) is 20.4 Å². The third-order valence-electron chi connectivity index (χ3n) is 4.01. The Hall–Kier alpha value is -3.94. The first-order valence-electron chi connectivity index (χ1n) is 8.42. The second-order valence-corrected chi connectivity index (χ2v) is 5.94. The van der Waals surface area contributed by atoms with Gasteiger partial charge >= 0.3 is 5.97 Å². The van der Waals surface area contributed by atoms with E-state index < -0.39 is 5.97 Å². The van der Waals surface area contributed by atoms with E-state index in [1.807, 2.05) is 0 Å². The molecule has 28 heavy (non-hydrogen) atoms. The number of nitrogens with one attached hydrogen (secondary N) is 2. The van der Waals surface area contributed by atoms with E-state index in [-0.39, 0.29) is 5.78 Å². The molecule has 0 saturated carbocycles. The van der Waals surface area contributed by atoms with Gasteiger partial charge in [-0.25, -0.2) is 14.8 Å². The molecule has 3 aromatic rings. The minimum atomic E-state index is -0.407. The highest BCUT2D eigenvalue weighted by Gasteiger charge is 2.10. The quantitative estimate of drug-likeness (QED) is 0.441. The number of rotatable bonds is 6. The summed E-state index contributed by atoms with van der Waals surface area (Å²) >= 11 is 0. The van der Waals surface area contributed by atoms with Gasteiger partial charge in [-0.05, 0) is 55.5 Å². The number of aromatic nitrogens is 2. The Bertz CT molecular complexity index is 1000. The van der Waals surface area contributed by atoms with Gasteiger partial charge in [-0.2, -0.15) is 0 Å². The Balaban J connectivity index is 1.77. The molecule has 0 unspecified atom stereocenters. The molecule has 0 spiro atoms. The van der Waals surface area contributed by atoms with Crippen molar-refractivity contribution in [2.75, 3.05) is 23.5 Å². The summed E-state index contributed by atoms with van der Waals surface area (Å²) in [6.07, 6.45) is 1.38. The minimum Gasteiger partial charge on any atom is -0.465 e. The fourth-order valence-electron chi connectivity index (χ4n) is 2.46. The zero-order valence-electron chi connectivity index (χ0n) is 15.4. The first-order valence-corrected chi connectivity index (χ1v) is 8.42. The molecule has 0 bridgehead atoms. The van der Waals surface area contributed by atoms with Gasteiger partial charge in [-0.15, -0.1) is 0 Å². The smallest absolute Gasteiger partial charge is 0.337 e. The Morgan fingerprint density at radius 3 is 1.75 bits per heavy atom. The molecule has 0 atom stereocenters. The van der Waals surface area contributed by atoms with Crippen molar-refractivity contribution in [2.24, 2.45) is 0 Å². The molecular formula is C20H19N5O3. The Morgan fingerprint density at radius 2 is 1.32 bits per heavy atom. The van der Waals surface area contributed by atoms with Crippen molar-refractivity contribution < 1.29 is 14.3 Å². The number of ketones is 1. The molecule has 3 rings (SSSR count). The molecule has 0 amide bonds. The fraction of sp³-hybridized carbons (Fsp3) is 0.100. The van der Waals surface area contributed by atoms with E-state index in [4.69, 9.17) is 5.73 Å². The second kappa shape index (κ2) is 8.17. The SMILES string of the molecule is COC(=O)c1ccc(Nc2ncnc(Nc3ccc(C(C)=O)cc3)c2N)cc1. The lowest BCUT2D eigenvalue weighted by Gasteiger charge is -2.13. The van der Waals surface area contributed by atoms with Crippen molar-refractivity contribution in [3.05, 3.63) is 66.0 Å². The fourth-order valence-corrected chi connectivity index (χ4v) is 2.46. The molecule has 4 N–H and O–H groups in total. The van der Waals surface area contributed by atoms with Crippen LogP contribution in [-0.2, 0) is 4.74 Å². The van der Waals surface area contributed by atoms with Crippen LogP contribution in [0.15, 0.2) is 54.9 Å². The lowest BCUT2D eigenvalue weighted by atomic mass is 10.1. The summed E-state index contributed by atoms with van der Waals surface area (Å²) in [5.74, 6) is 0.441. The van der Waals surface area contributed by atoms with Gasteiger partial charge in [0.1, 0.15) is 12.0 Å². The first-order chi connectivity index (χ1) is 13.5. The molecule has 0 aliphatic carbocycles. The second-order valence-electron chi connectivity index (χ2n) is 5.94. The number of esters is 1. The standard InChI is InChI=1S/C20H19N5O3/c1-12(26)13-3-7-15(8-4-13)24-18-17(21)19(23-11-22-18)25-16-9-5-14(6-10-16)20(27)28-2/h3-11H,21H2,1-2H3,(H2,22,23,24,25). The minimum absolute atomic E-state index is 0.00203. The molecule has 1 heterocycles. The monoisotopic (exact) mass is 377 g/mol. The molecule has 2 aromatic carbocycles. The summed E-state index contributed by atoms with van der Waals surface area (Å²) in [6.45, 7) is 1.51. The van der Waals surface area contributed by atoms with Crippen LogP contribution in [0.25, 0.3) is 0 Å². The van der Waals surface area contributed by atoms with Gasteiger partial charge in [0, 0.05) is 16.9 Å². The van der Waals surface area contributed by atoms with Crippen LogP contribution in [0.5, 0.6) is 0 Å². The average molecular weight is 377 g/mol. The molecule has 0 fully saturated rings. The van der Waals surface area contributed by atoms with Crippen LogP contribution < -0.4 is 16.4 Å². The number of hydrogen-bond donors (Lipinski definition) is 3. The Kier molecular flexibility index (Phi) is 5.50. The largest absolute Gasteiger partial charge is 0.465 e. The number of nitrogen functional groups attached to an aromatic ring is 1. The summed E-state index contributed by atoms with van der Waals surface area (Å²) < 4.78 is 4.68. The van der Waals surface area contributed by atoms with Crippen LogP contribution in [0.4, 0.5) is 28.7 Å². The van der Waals surface area contributed by atoms with Gasteiger partial charge in [0.15, 0.2) is 17.4 Å². The summed E-state index contributed by atoms with van der Waals surface area (Å²) in [7, 11) is 1.33. The van der Waals surface area contributed by atoms with Gasteiger partial charge in [0.05, 0.1) is 12.7 Å². The highest BCUT2D eigenvalue weighted by molar-refractivity contribution is 5.94. The van der Waals surface area contributed by atoms with Gasteiger partial charge in [0.2, 0.25) is 0 Å². The van der Waals surface area contributed by atoms with Crippen LogP contribution in [-0.4, -0.2) is 28.8 Å². The molecular weight excluding hydrogens is 358 g/mol. The maximum atomic E-state index is 11.5. The van der Waals surface area contributed by atoms with Gasteiger partial charge < -0.3 is 21.1 Å².